The normalized spacial score (nSPS) is 17.2. The quantitative estimate of drug-likeness (QED) is 0.880. The Labute approximate surface area is 137 Å². The van der Waals surface area contributed by atoms with Gasteiger partial charge >= 0.3 is 0 Å². The van der Waals surface area contributed by atoms with Gasteiger partial charge < -0.3 is 10.2 Å². The minimum atomic E-state index is -0.905. The molecular weight excluding hydrogens is 316 g/mol. The number of hydrogen-bond donors (Lipinski definition) is 1. The van der Waals surface area contributed by atoms with Gasteiger partial charge in [0, 0.05) is 24.5 Å². The first-order chi connectivity index (χ1) is 11.5. The van der Waals surface area contributed by atoms with Crippen LogP contribution >= 0.6 is 0 Å². The number of anilines is 2. The van der Waals surface area contributed by atoms with Gasteiger partial charge in [-0.15, -0.1) is 0 Å². The van der Waals surface area contributed by atoms with Crippen LogP contribution in [0.2, 0.25) is 0 Å². The van der Waals surface area contributed by atoms with Crippen molar-refractivity contribution in [1.29, 1.82) is 0 Å². The second-order valence-corrected chi connectivity index (χ2v) is 5.62. The van der Waals surface area contributed by atoms with E-state index in [9.17, 15) is 18.4 Å². The van der Waals surface area contributed by atoms with Crippen molar-refractivity contribution in [2.45, 2.75) is 13.3 Å². The molecule has 2 amide bonds. The van der Waals surface area contributed by atoms with Crippen LogP contribution in [0, 0.1) is 24.5 Å². The molecule has 2 heterocycles. The zero-order chi connectivity index (χ0) is 17.3. The lowest BCUT2D eigenvalue weighted by Crippen LogP contribution is -2.33. The van der Waals surface area contributed by atoms with Crippen LogP contribution in [0.4, 0.5) is 20.3 Å². The van der Waals surface area contributed by atoms with Crippen molar-refractivity contribution >= 4 is 23.3 Å². The first-order valence-electron chi connectivity index (χ1n) is 7.45. The number of pyridine rings is 1. The molecule has 124 valence electrons. The summed E-state index contributed by atoms with van der Waals surface area (Å²) in [5, 5.41) is 2.63. The molecule has 1 atom stereocenters. The van der Waals surface area contributed by atoms with Gasteiger partial charge in [-0.2, -0.15) is 0 Å². The third kappa shape index (κ3) is 3.10. The molecule has 0 bridgehead atoms. The summed E-state index contributed by atoms with van der Waals surface area (Å²) in [4.78, 5) is 30.1. The Bertz CT molecular complexity index is 790. The van der Waals surface area contributed by atoms with Crippen LogP contribution in [-0.4, -0.2) is 23.3 Å². The number of carbonyl (C=O) groups is 2. The summed E-state index contributed by atoms with van der Waals surface area (Å²) < 4.78 is 26.7. The molecular formula is C17H15F2N3O2. The number of rotatable bonds is 3. The fraction of sp³-hybridized carbons (Fsp3) is 0.235. The molecule has 3 rings (SSSR count). The van der Waals surface area contributed by atoms with Crippen molar-refractivity contribution in [2.75, 3.05) is 16.8 Å². The zero-order valence-electron chi connectivity index (χ0n) is 12.9. The van der Waals surface area contributed by atoms with Gasteiger partial charge in [0.1, 0.15) is 23.4 Å². The molecule has 5 nitrogen and oxygen atoms in total. The Morgan fingerprint density at radius 2 is 2.00 bits per heavy atom. The number of hydrogen-bond acceptors (Lipinski definition) is 3. The van der Waals surface area contributed by atoms with E-state index in [2.05, 4.69) is 10.3 Å². The number of benzene rings is 1. The van der Waals surface area contributed by atoms with Crippen LogP contribution in [0.15, 0.2) is 36.5 Å². The highest BCUT2D eigenvalue weighted by molar-refractivity contribution is 6.13. The molecule has 1 aromatic carbocycles. The second-order valence-electron chi connectivity index (χ2n) is 5.62. The highest BCUT2D eigenvalue weighted by Gasteiger charge is 2.38. The monoisotopic (exact) mass is 331 g/mol. The lowest BCUT2D eigenvalue weighted by atomic mass is 10.1. The molecule has 0 spiro atoms. The molecule has 1 fully saturated rings. The van der Waals surface area contributed by atoms with Gasteiger partial charge in [0.2, 0.25) is 11.8 Å². The average Bonchev–Trinajstić information content (AvgIpc) is 2.90. The summed E-state index contributed by atoms with van der Waals surface area (Å²) >= 11 is 0. The molecule has 2 aromatic rings. The van der Waals surface area contributed by atoms with Crippen molar-refractivity contribution < 1.29 is 18.4 Å². The van der Waals surface area contributed by atoms with Crippen LogP contribution in [-0.2, 0) is 9.59 Å². The van der Waals surface area contributed by atoms with Crippen LogP contribution in [0.25, 0.3) is 0 Å². The summed E-state index contributed by atoms with van der Waals surface area (Å²) in [5.41, 5.74) is 0.891. The third-order valence-corrected chi connectivity index (χ3v) is 3.93. The van der Waals surface area contributed by atoms with Gasteiger partial charge in [0.05, 0.1) is 0 Å². The molecule has 1 aromatic heterocycles. The molecule has 7 heteroatoms. The number of amides is 2. The third-order valence-electron chi connectivity index (χ3n) is 3.93. The number of aryl methyl sites for hydroxylation is 1. The van der Waals surface area contributed by atoms with Gasteiger partial charge in [-0.1, -0.05) is 6.07 Å². The van der Waals surface area contributed by atoms with Crippen molar-refractivity contribution in [3.8, 4) is 0 Å². The highest BCUT2D eigenvalue weighted by Crippen LogP contribution is 2.27. The van der Waals surface area contributed by atoms with Gasteiger partial charge in [-0.25, -0.2) is 13.8 Å². The zero-order valence-corrected chi connectivity index (χ0v) is 12.9. The molecule has 24 heavy (non-hydrogen) atoms. The molecule has 0 aliphatic carbocycles. The lowest BCUT2D eigenvalue weighted by molar-refractivity contribution is -0.129. The van der Waals surface area contributed by atoms with Crippen molar-refractivity contribution in [3.63, 3.8) is 0 Å². The van der Waals surface area contributed by atoms with Crippen molar-refractivity contribution in [2.24, 2.45) is 5.92 Å². The van der Waals surface area contributed by atoms with Crippen LogP contribution in [0.1, 0.15) is 12.0 Å². The second kappa shape index (κ2) is 6.35. The SMILES string of the molecule is Cc1cccnc1NC(=O)[C@@H]1CCN(c2cc(F)cc(F)c2)C1=O. The number of halogens is 2. The summed E-state index contributed by atoms with van der Waals surface area (Å²) in [6.45, 7) is 2.02. The largest absolute Gasteiger partial charge is 0.311 e. The smallest absolute Gasteiger partial charge is 0.239 e. The van der Waals surface area contributed by atoms with Crippen LogP contribution in [0.5, 0.6) is 0 Å². The summed E-state index contributed by atoms with van der Waals surface area (Å²) in [7, 11) is 0. The Hall–Kier alpha value is -2.83. The first kappa shape index (κ1) is 16.0. The van der Waals surface area contributed by atoms with E-state index < -0.39 is 29.4 Å². The van der Waals surface area contributed by atoms with E-state index >= 15 is 0 Å². The van der Waals surface area contributed by atoms with Gasteiger partial charge in [0.25, 0.3) is 0 Å². The Morgan fingerprint density at radius 3 is 2.67 bits per heavy atom. The van der Waals surface area contributed by atoms with E-state index in [1.54, 1.807) is 25.3 Å². The van der Waals surface area contributed by atoms with Crippen molar-refractivity contribution in [3.05, 3.63) is 53.7 Å². The molecule has 0 unspecified atom stereocenters. The first-order valence-corrected chi connectivity index (χ1v) is 7.45. The van der Waals surface area contributed by atoms with Crippen LogP contribution in [0.3, 0.4) is 0 Å². The number of carbonyl (C=O) groups excluding carboxylic acids is 2. The van der Waals surface area contributed by atoms with E-state index in [0.29, 0.717) is 5.82 Å². The van der Waals surface area contributed by atoms with E-state index in [1.807, 2.05) is 0 Å². The maximum Gasteiger partial charge on any atom is 0.239 e. The van der Waals surface area contributed by atoms with Gasteiger partial charge in [-0.05, 0) is 37.1 Å². The Morgan fingerprint density at radius 1 is 1.29 bits per heavy atom. The predicted molar refractivity (Wildman–Crippen MR) is 84.4 cm³/mol. The van der Waals surface area contributed by atoms with E-state index in [0.717, 1.165) is 23.8 Å². The molecule has 1 saturated heterocycles. The summed E-state index contributed by atoms with van der Waals surface area (Å²) in [5.74, 6) is -3.00. The van der Waals surface area contributed by atoms with Crippen LogP contribution < -0.4 is 10.2 Å². The van der Waals surface area contributed by atoms with E-state index in [4.69, 9.17) is 0 Å². The van der Waals surface area contributed by atoms with Gasteiger partial charge in [-0.3, -0.25) is 9.59 Å². The molecule has 0 radical (unpaired) electrons. The maximum absolute atomic E-state index is 13.3. The summed E-state index contributed by atoms with van der Waals surface area (Å²) in [6.07, 6.45) is 1.82. The Kier molecular flexibility index (Phi) is 4.24. The van der Waals surface area contributed by atoms with E-state index in [1.165, 1.54) is 4.90 Å². The maximum atomic E-state index is 13.3. The standard InChI is InChI=1S/C17H15F2N3O2/c1-10-3-2-5-20-15(10)21-16(23)14-4-6-22(17(14)24)13-8-11(18)7-12(19)9-13/h2-3,5,7-9,14H,4,6H2,1H3,(H,20,21,23)/t14-/m0/s1. The molecule has 1 aliphatic heterocycles. The number of nitrogens with zero attached hydrogens (tertiary/aromatic N) is 2. The average molecular weight is 331 g/mol. The van der Waals surface area contributed by atoms with E-state index in [-0.39, 0.29) is 18.7 Å². The number of aromatic nitrogens is 1. The van der Waals surface area contributed by atoms with Gasteiger partial charge in [0.15, 0.2) is 0 Å². The fourth-order valence-corrected chi connectivity index (χ4v) is 2.70. The highest BCUT2D eigenvalue weighted by atomic mass is 19.1. The summed E-state index contributed by atoms with van der Waals surface area (Å²) in [6, 6.07) is 6.42. The lowest BCUT2D eigenvalue weighted by Gasteiger charge is -2.17. The minimum Gasteiger partial charge on any atom is -0.311 e. The minimum absolute atomic E-state index is 0.113. The fourth-order valence-electron chi connectivity index (χ4n) is 2.70. The van der Waals surface area contributed by atoms with Crippen molar-refractivity contribution in [1.82, 2.24) is 4.98 Å². The number of nitrogens with one attached hydrogen (secondary N) is 1. The molecule has 1 N–H and O–H groups in total. The molecule has 1 aliphatic rings. The Balaban J connectivity index is 1.76. The predicted octanol–water partition coefficient (Wildman–Crippen LogP) is 2.66. The topological polar surface area (TPSA) is 62.3 Å². The molecule has 0 saturated carbocycles.